The molecule has 4 N–H and O–H groups in total. The Balaban J connectivity index is 1.38. The topological polar surface area (TPSA) is 84.2 Å². The van der Waals surface area contributed by atoms with Crippen LogP contribution < -0.4 is 16.4 Å². The highest BCUT2D eigenvalue weighted by atomic mass is 16.2. The first-order chi connectivity index (χ1) is 12.5. The fraction of sp³-hybridized carbons (Fsp3) is 0.905. The Morgan fingerprint density at radius 2 is 1.62 bits per heavy atom. The van der Waals surface area contributed by atoms with Crippen molar-refractivity contribution in [2.75, 3.05) is 6.54 Å². The van der Waals surface area contributed by atoms with E-state index >= 15 is 0 Å². The third-order valence-corrected chi connectivity index (χ3v) is 6.97. The van der Waals surface area contributed by atoms with E-state index in [-0.39, 0.29) is 29.3 Å². The fourth-order valence-electron chi connectivity index (χ4n) is 4.86. The van der Waals surface area contributed by atoms with Gasteiger partial charge in [-0.15, -0.1) is 0 Å². The van der Waals surface area contributed by atoms with E-state index < -0.39 is 0 Å². The maximum atomic E-state index is 12.6. The van der Waals surface area contributed by atoms with Crippen molar-refractivity contribution in [1.82, 2.24) is 10.6 Å². The van der Waals surface area contributed by atoms with Gasteiger partial charge in [0.05, 0.1) is 5.54 Å². The Hall–Kier alpha value is -1.10. The Kier molecular flexibility index (Phi) is 6.60. The van der Waals surface area contributed by atoms with Crippen LogP contribution in [0.25, 0.3) is 0 Å². The molecule has 148 valence electrons. The van der Waals surface area contributed by atoms with Gasteiger partial charge in [0.2, 0.25) is 11.8 Å². The SMILES string of the molecule is CC(CN)(NC(=O)C1CCC(NC(=O)CC2CCCCC2)CC1)C1CC1. The molecule has 2 amide bonds. The van der Waals surface area contributed by atoms with E-state index in [0.29, 0.717) is 24.8 Å². The number of carbonyl (C=O) groups is 2. The second-order valence-electron chi connectivity index (χ2n) is 9.21. The van der Waals surface area contributed by atoms with Crippen molar-refractivity contribution in [3.63, 3.8) is 0 Å². The number of amides is 2. The lowest BCUT2D eigenvalue weighted by Crippen LogP contribution is -2.55. The first-order valence-corrected chi connectivity index (χ1v) is 10.8. The number of hydrogen-bond donors (Lipinski definition) is 3. The van der Waals surface area contributed by atoms with Crippen LogP contribution in [0.5, 0.6) is 0 Å². The second-order valence-corrected chi connectivity index (χ2v) is 9.21. The minimum atomic E-state index is -0.234. The molecule has 0 aromatic carbocycles. The molecule has 0 aromatic heterocycles. The van der Waals surface area contributed by atoms with Gasteiger partial charge in [-0.2, -0.15) is 0 Å². The third kappa shape index (κ3) is 5.21. The van der Waals surface area contributed by atoms with E-state index in [9.17, 15) is 9.59 Å². The molecule has 0 aliphatic heterocycles. The molecule has 1 unspecified atom stereocenters. The molecule has 3 aliphatic carbocycles. The van der Waals surface area contributed by atoms with Crippen molar-refractivity contribution < 1.29 is 9.59 Å². The summed E-state index contributed by atoms with van der Waals surface area (Å²) in [5, 5.41) is 6.46. The van der Waals surface area contributed by atoms with E-state index in [1.54, 1.807) is 0 Å². The van der Waals surface area contributed by atoms with Crippen LogP contribution in [0.1, 0.15) is 84.0 Å². The zero-order valence-corrected chi connectivity index (χ0v) is 16.4. The van der Waals surface area contributed by atoms with Gasteiger partial charge in [-0.1, -0.05) is 19.3 Å². The molecule has 5 heteroatoms. The molecule has 0 bridgehead atoms. The number of nitrogens with two attached hydrogens (primary N) is 1. The number of carbonyl (C=O) groups excluding carboxylic acids is 2. The van der Waals surface area contributed by atoms with Gasteiger partial charge in [0.15, 0.2) is 0 Å². The second kappa shape index (κ2) is 8.73. The standard InChI is InChI=1S/C21H37N3O2/c1-21(14-22,17-9-10-17)24-20(26)16-7-11-18(12-8-16)23-19(25)13-15-5-3-2-4-6-15/h15-18H,2-14,22H2,1H3,(H,23,25)(H,24,26). The van der Waals surface area contributed by atoms with Gasteiger partial charge in [-0.05, 0) is 70.1 Å². The summed E-state index contributed by atoms with van der Waals surface area (Å²) in [6.45, 7) is 2.59. The molecule has 3 fully saturated rings. The average molecular weight is 364 g/mol. The summed E-state index contributed by atoms with van der Waals surface area (Å²) < 4.78 is 0. The summed E-state index contributed by atoms with van der Waals surface area (Å²) in [7, 11) is 0. The Morgan fingerprint density at radius 1 is 0.962 bits per heavy atom. The first-order valence-electron chi connectivity index (χ1n) is 10.8. The van der Waals surface area contributed by atoms with Crippen LogP contribution in [-0.4, -0.2) is 29.9 Å². The summed E-state index contributed by atoms with van der Waals surface area (Å²) in [6.07, 6.45) is 12.9. The van der Waals surface area contributed by atoms with Crippen molar-refractivity contribution in [1.29, 1.82) is 0 Å². The predicted octanol–water partition coefficient (Wildman–Crippen LogP) is 2.88. The quantitative estimate of drug-likeness (QED) is 0.650. The minimum absolute atomic E-state index is 0.0751. The maximum Gasteiger partial charge on any atom is 0.223 e. The number of rotatable bonds is 7. The minimum Gasteiger partial charge on any atom is -0.353 e. The average Bonchev–Trinajstić information content (AvgIpc) is 3.48. The molecule has 0 radical (unpaired) electrons. The maximum absolute atomic E-state index is 12.6. The highest BCUT2D eigenvalue weighted by Gasteiger charge is 2.42. The summed E-state index contributed by atoms with van der Waals surface area (Å²) >= 11 is 0. The molecule has 5 nitrogen and oxygen atoms in total. The molecule has 26 heavy (non-hydrogen) atoms. The lowest BCUT2D eigenvalue weighted by atomic mass is 9.83. The van der Waals surface area contributed by atoms with Crippen LogP contribution in [0.15, 0.2) is 0 Å². The third-order valence-electron chi connectivity index (χ3n) is 6.97. The van der Waals surface area contributed by atoms with Gasteiger partial charge < -0.3 is 16.4 Å². The molecule has 0 heterocycles. The number of nitrogens with one attached hydrogen (secondary N) is 2. The Bertz CT molecular complexity index is 491. The predicted molar refractivity (Wildman–Crippen MR) is 103 cm³/mol. The lowest BCUT2D eigenvalue weighted by molar-refractivity contribution is -0.128. The molecule has 1 atom stereocenters. The van der Waals surface area contributed by atoms with Crippen LogP contribution in [-0.2, 0) is 9.59 Å². The molecule has 0 spiro atoms. The Morgan fingerprint density at radius 3 is 2.19 bits per heavy atom. The zero-order valence-electron chi connectivity index (χ0n) is 16.4. The van der Waals surface area contributed by atoms with Crippen molar-refractivity contribution >= 4 is 11.8 Å². The van der Waals surface area contributed by atoms with Crippen LogP contribution in [0, 0.1) is 17.8 Å². The molecule has 3 rings (SSSR count). The molecule has 3 aliphatic rings. The van der Waals surface area contributed by atoms with Crippen LogP contribution in [0.4, 0.5) is 0 Å². The van der Waals surface area contributed by atoms with Crippen LogP contribution in [0.2, 0.25) is 0 Å². The van der Waals surface area contributed by atoms with E-state index in [0.717, 1.165) is 25.7 Å². The highest BCUT2D eigenvalue weighted by molar-refractivity contribution is 5.80. The molecule has 0 aromatic rings. The molecular formula is C21H37N3O2. The van der Waals surface area contributed by atoms with Crippen LogP contribution in [0.3, 0.4) is 0 Å². The van der Waals surface area contributed by atoms with Gasteiger partial charge in [-0.3, -0.25) is 9.59 Å². The van der Waals surface area contributed by atoms with E-state index in [4.69, 9.17) is 5.73 Å². The van der Waals surface area contributed by atoms with Gasteiger partial charge in [-0.25, -0.2) is 0 Å². The van der Waals surface area contributed by atoms with Gasteiger partial charge in [0.1, 0.15) is 0 Å². The summed E-state index contributed by atoms with van der Waals surface area (Å²) in [6, 6.07) is 0.250. The Labute approximate surface area is 158 Å². The van der Waals surface area contributed by atoms with Crippen LogP contribution >= 0.6 is 0 Å². The molecular weight excluding hydrogens is 326 g/mol. The smallest absolute Gasteiger partial charge is 0.223 e. The van der Waals surface area contributed by atoms with Gasteiger partial charge in [0, 0.05) is 24.9 Å². The monoisotopic (exact) mass is 363 g/mol. The van der Waals surface area contributed by atoms with Crippen molar-refractivity contribution in [2.24, 2.45) is 23.5 Å². The lowest BCUT2D eigenvalue weighted by Gasteiger charge is -2.34. The van der Waals surface area contributed by atoms with E-state index in [1.165, 1.54) is 44.9 Å². The normalized spacial score (nSPS) is 29.6. The fourth-order valence-corrected chi connectivity index (χ4v) is 4.86. The van der Waals surface area contributed by atoms with Gasteiger partial charge in [0.25, 0.3) is 0 Å². The summed E-state index contributed by atoms with van der Waals surface area (Å²) in [4.78, 5) is 24.9. The van der Waals surface area contributed by atoms with E-state index in [2.05, 4.69) is 17.6 Å². The highest BCUT2D eigenvalue weighted by Crippen LogP contribution is 2.39. The van der Waals surface area contributed by atoms with Gasteiger partial charge >= 0.3 is 0 Å². The van der Waals surface area contributed by atoms with Crippen molar-refractivity contribution in [2.45, 2.75) is 95.6 Å². The number of hydrogen-bond acceptors (Lipinski definition) is 3. The van der Waals surface area contributed by atoms with E-state index in [1.807, 2.05) is 0 Å². The summed E-state index contributed by atoms with van der Waals surface area (Å²) in [5.74, 6) is 1.59. The van der Waals surface area contributed by atoms with Crippen molar-refractivity contribution in [3.8, 4) is 0 Å². The van der Waals surface area contributed by atoms with Crippen molar-refractivity contribution in [3.05, 3.63) is 0 Å². The first kappa shape index (κ1) is 19.7. The molecule has 0 saturated heterocycles. The largest absolute Gasteiger partial charge is 0.353 e. The molecule has 3 saturated carbocycles. The zero-order chi connectivity index (χ0) is 18.6. The summed E-state index contributed by atoms with van der Waals surface area (Å²) in [5.41, 5.74) is 5.68.